The molecule has 0 fully saturated rings. The fourth-order valence-corrected chi connectivity index (χ4v) is 5.64. The maximum atomic E-state index is 3.70. The molecule has 0 saturated carbocycles. The molecular weight excluding hydrogens is 471 g/mol. The molecule has 34 heavy (non-hydrogen) atoms. The van der Waals surface area contributed by atoms with Crippen LogP contribution in [0.25, 0.3) is 0 Å². The van der Waals surface area contributed by atoms with Gasteiger partial charge in [-0.3, -0.25) is 20.6 Å². The molecule has 198 valence electrons. The van der Waals surface area contributed by atoms with Crippen LogP contribution in [0.2, 0.25) is 0 Å². The lowest BCUT2D eigenvalue weighted by Crippen LogP contribution is -3.00. The first-order chi connectivity index (χ1) is 14.6. The van der Waals surface area contributed by atoms with Crippen molar-refractivity contribution in [1.29, 1.82) is 0 Å². The van der Waals surface area contributed by atoms with Gasteiger partial charge in [-0.05, 0) is 49.9 Å². The van der Waals surface area contributed by atoms with Crippen molar-refractivity contribution in [2.24, 2.45) is 10.8 Å². The summed E-state index contributed by atoms with van der Waals surface area (Å²) < 4.78 is 0. The van der Waals surface area contributed by atoms with Crippen LogP contribution in [0, 0.1) is 10.8 Å². The minimum Gasteiger partial charge on any atom is -1.00 e. The Hall–Kier alpha value is -1.34. The normalized spacial score (nSPS) is 17.6. The minimum atomic E-state index is 0. The topological polar surface area (TPSA) is 115 Å². The fourth-order valence-electron chi connectivity index (χ4n) is 5.64. The van der Waals surface area contributed by atoms with E-state index < -0.39 is 0 Å². The van der Waals surface area contributed by atoms with E-state index in [1.165, 1.54) is 74.2 Å². The molecule has 1 aromatic rings. The van der Waals surface area contributed by atoms with E-state index in [0.717, 1.165) is 26.2 Å². The molecule has 0 radical (unpaired) electrons. The summed E-state index contributed by atoms with van der Waals surface area (Å²) in [6, 6.07) is 8.97. The lowest BCUT2D eigenvalue weighted by atomic mass is 9.78. The van der Waals surface area contributed by atoms with E-state index in [0.29, 0.717) is 10.8 Å². The van der Waals surface area contributed by atoms with E-state index in [9.17, 15) is 0 Å². The molecule has 0 aliphatic carbocycles. The molecule has 8 N–H and O–H groups in total. The number of hydrogen-bond acceptors (Lipinski definition) is 2. The summed E-state index contributed by atoms with van der Waals surface area (Å²) >= 11 is 0. The van der Waals surface area contributed by atoms with Crippen LogP contribution in [0.4, 0.5) is 0 Å². The van der Waals surface area contributed by atoms with Gasteiger partial charge in [0, 0.05) is 10.8 Å². The molecule has 0 unspecified atom stereocenters. The standard InChI is InChI=1S/C26H42N4.2ClH.2H2O/c1-5-13-25(14-6-2)17-27-23(28-18-25)21-9-11-22(12-10-21)24-29-19-26(15-7-3,16-8-4)20-30-24;;;;/h9-12H,5-8,13-20H2,1-4H3,(H,27,28)(H,29,30);2*1H;2*1H2. The highest BCUT2D eigenvalue weighted by Crippen LogP contribution is 2.29. The number of benzene rings is 1. The molecule has 0 amide bonds. The van der Waals surface area contributed by atoms with Gasteiger partial charge < -0.3 is 35.8 Å². The van der Waals surface area contributed by atoms with Crippen molar-refractivity contribution in [3.8, 4) is 0 Å². The first-order valence-corrected chi connectivity index (χ1v) is 12.4. The Morgan fingerprint density at radius 3 is 1.12 bits per heavy atom. The molecule has 0 atom stereocenters. The third-order valence-corrected chi connectivity index (χ3v) is 7.14. The van der Waals surface area contributed by atoms with Crippen LogP contribution in [-0.4, -0.2) is 48.8 Å². The Kier molecular flexibility index (Phi) is 16.8. The molecule has 0 spiro atoms. The zero-order valence-electron chi connectivity index (χ0n) is 21.6. The summed E-state index contributed by atoms with van der Waals surface area (Å²) in [4.78, 5) is 7.40. The largest absolute Gasteiger partial charge is 1.00 e. The number of nitrogens with one attached hydrogen (secondary N) is 4. The van der Waals surface area contributed by atoms with E-state index in [1.807, 2.05) is 0 Å². The summed E-state index contributed by atoms with van der Waals surface area (Å²) in [6.45, 7) is 13.5. The first-order valence-electron chi connectivity index (χ1n) is 12.4. The van der Waals surface area contributed by atoms with Crippen LogP contribution in [0.3, 0.4) is 0 Å². The third-order valence-electron chi connectivity index (χ3n) is 7.14. The molecule has 2 aliphatic heterocycles. The molecule has 8 heteroatoms. The zero-order chi connectivity index (χ0) is 21.5. The lowest BCUT2D eigenvalue weighted by molar-refractivity contribution is -0.485. The van der Waals surface area contributed by atoms with Crippen molar-refractivity contribution >= 4 is 11.7 Å². The van der Waals surface area contributed by atoms with Crippen LogP contribution < -0.4 is 45.4 Å². The molecular formula is C26H48Cl2N4O2. The van der Waals surface area contributed by atoms with Crippen LogP contribution >= 0.6 is 0 Å². The van der Waals surface area contributed by atoms with Crippen molar-refractivity contribution in [2.75, 3.05) is 26.2 Å². The quantitative estimate of drug-likeness (QED) is 0.247. The third kappa shape index (κ3) is 8.40. The zero-order valence-corrected chi connectivity index (χ0v) is 23.1. The number of hydrogen-bond donors (Lipinski definition) is 4. The molecule has 0 aromatic heterocycles. The van der Waals surface area contributed by atoms with E-state index in [2.05, 4.69) is 72.6 Å². The number of halogens is 2. The van der Waals surface area contributed by atoms with Crippen LogP contribution in [-0.2, 0) is 0 Å². The van der Waals surface area contributed by atoms with Crippen molar-refractivity contribution in [3.63, 3.8) is 0 Å². The minimum absolute atomic E-state index is 0. The van der Waals surface area contributed by atoms with Gasteiger partial charge in [0.15, 0.2) is 0 Å². The highest BCUT2D eigenvalue weighted by Gasteiger charge is 2.37. The van der Waals surface area contributed by atoms with Gasteiger partial charge in [-0.25, -0.2) is 0 Å². The SMILES string of the molecule is CCCC1(CCC)CNC(c2ccc(C3=[NH+]CC(CCC)(CCC)CN3)cc2)=[NH+]C1.O.O.[Cl-].[Cl-]. The average molecular weight is 520 g/mol. The summed E-state index contributed by atoms with van der Waals surface area (Å²) in [5.74, 6) is 2.37. The van der Waals surface area contributed by atoms with Crippen LogP contribution in [0.15, 0.2) is 24.3 Å². The lowest BCUT2D eigenvalue weighted by Gasteiger charge is -2.32. The molecule has 1 aromatic carbocycles. The second-order valence-electron chi connectivity index (χ2n) is 9.74. The van der Waals surface area contributed by atoms with Crippen molar-refractivity contribution in [2.45, 2.75) is 79.1 Å². The Morgan fingerprint density at radius 1 is 0.618 bits per heavy atom. The smallest absolute Gasteiger partial charge is 0.274 e. The average Bonchev–Trinajstić information content (AvgIpc) is 2.76. The second kappa shape index (κ2) is 16.4. The van der Waals surface area contributed by atoms with Crippen LogP contribution in [0.1, 0.15) is 90.2 Å². The fraction of sp³-hybridized carbons (Fsp3) is 0.692. The van der Waals surface area contributed by atoms with E-state index in [1.54, 1.807) is 0 Å². The summed E-state index contributed by atoms with van der Waals surface area (Å²) in [5, 5.41) is 7.40. The Balaban J connectivity index is 0. The van der Waals surface area contributed by atoms with Gasteiger partial charge in [-0.2, -0.15) is 0 Å². The van der Waals surface area contributed by atoms with Crippen LogP contribution in [0.5, 0.6) is 0 Å². The Labute approximate surface area is 219 Å². The van der Waals surface area contributed by atoms with Gasteiger partial charge in [0.2, 0.25) is 0 Å². The number of amidine groups is 2. The highest BCUT2D eigenvalue weighted by molar-refractivity contribution is 5.98. The summed E-state index contributed by atoms with van der Waals surface area (Å²) in [7, 11) is 0. The van der Waals surface area contributed by atoms with E-state index >= 15 is 0 Å². The van der Waals surface area contributed by atoms with Gasteiger partial charge in [0.1, 0.15) is 0 Å². The molecule has 3 rings (SSSR count). The summed E-state index contributed by atoms with van der Waals surface area (Å²) in [5.41, 5.74) is 3.32. The van der Waals surface area contributed by atoms with Gasteiger partial charge >= 0.3 is 0 Å². The van der Waals surface area contributed by atoms with Gasteiger partial charge in [0.05, 0.1) is 37.3 Å². The highest BCUT2D eigenvalue weighted by atomic mass is 35.5. The van der Waals surface area contributed by atoms with E-state index in [-0.39, 0.29) is 35.8 Å². The summed E-state index contributed by atoms with van der Waals surface area (Å²) in [6.07, 6.45) is 10.2. The monoisotopic (exact) mass is 518 g/mol. The van der Waals surface area contributed by atoms with Gasteiger partial charge in [-0.15, -0.1) is 0 Å². The van der Waals surface area contributed by atoms with Crippen molar-refractivity contribution < 1.29 is 45.8 Å². The molecule has 2 heterocycles. The molecule has 0 saturated heterocycles. The maximum absolute atomic E-state index is 3.70. The van der Waals surface area contributed by atoms with E-state index in [4.69, 9.17) is 0 Å². The van der Waals surface area contributed by atoms with Crippen molar-refractivity contribution in [1.82, 2.24) is 10.6 Å². The number of rotatable bonds is 10. The van der Waals surface area contributed by atoms with Crippen molar-refractivity contribution in [3.05, 3.63) is 35.4 Å². The first kappa shape index (κ1) is 34.8. The molecule has 6 nitrogen and oxygen atoms in total. The predicted molar refractivity (Wildman–Crippen MR) is 134 cm³/mol. The Morgan fingerprint density at radius 2 is 0.912 bits per heavy atom. The maximum Gasteiger partial charge on any atom is 0.274 e. The molecule has 0 bridgehead atoms. The van der Waals surface area contributed by atoms with Gasteiger partial charge in [0.25, 0.3) is 11.7 Å². The molecule has 2 aliphatic rings. The Bertz CT molecular complexity index is 679. The second-order valence-corrected chi connectivity index (χ2v) is 9.74. The van der Waals surface area contributed by atoms with Gasteiger partial charge in [-0.1, -0.05) is 53.4 Å². The predicted octanol–water partition coefficient (Wildman–Crippen LogP) is -5.92.